The number of thiophene rings is 1. The van der Waals surface area contributed by atoms with Crippen LogP contribution in [0.25, 0.3) is 0 Å². The number of hydrogen-bond acceptors (Lipinski definition) is 8. The van der Waals surface area contributed by atoms with Crippen molar-refractivity contribution in [2.45, 2.75) is 37.8 Å². The van der Waals surface area contributed by atoms with Crippen LogP contribution in [-0.2, 0) is 21.5 Å². The summed E-state index contributed by atoms with van der Waals surface area (Å²) in [6.07, 6.45) is 1.27. The van der Waals surface area contributed by atoms with Crippen molar-refractivity contribution in [3.63, 3.8) is 0 Å². The molecule has 0 bridgehead atoms. The Morgan fingerprint density at radius 3 is 2.44 bits per heavy atom. The first-order chi connectivity index (χ1) is 19.5. The molecule has 16 heteroatoms. The number of carbonyl (C=O) groups excluding carboxylic acids is 1. The Balaban J connectivity index is 1.55. The van der Waals surface area contributed by atoms with Gasteiger partial charge in [0.25, 0.3) is 16.1 Å². The molecule has 1 aromatic carbocycles. The predicted molar refractivity (Wildman–Crippen MR) is 147 cm³/mol. The molecule has 2 atom stereocenters. The van der Waals surface area contributed by atoms with Gasteiger partial charge in [-0.3, -0.25) is 9.59 Å². The monoisotopic (exact) mass is 625 g/mol. The van der Waals surface area contributed by atoms with E-state index in [-0.39, 0.29) is 55.2 Å². The van der Waals surface area contributed by atoms with E-state index in [9.17, 15) is 33.0 Å². The van der Waals surface area contributed by atoms with Gasteiger partial charge >= 0.3 is 11.9 Å². The lowest BCUT2D eigenvalue weighted by Gasteiger charge is -2.27. The van der Waals surface area contributed by atoms with E-state index in [0.717, 1.165) is 15.1 Å². The van der Waals surface area contributed by atoms with Gasteiger partial charge in [-0.15, -0.1) is 11.3 Å². The van der Waals surface area contributed by atoms with Gasteiger partial charge in [-0.2, -0.15) is 26.8 Å². The number of halogens is 2. The van der Waals surface area contributed by atoms with E-state index >= 15 is 4.39 Å². The molecule has 2 saturated heterocycles. The van der Waals surface area contributed by atoms with Crippen LogP contribution >= 0.6 is 22.9 Å². The van der Waals surface area contributed by atoms with Crippen molar-refractivity contribution >= 4 is 56.8 Å². The fourth-order valence-electron chi connectivity index (χ4n) is 5.15. The molecular formula is C25H25ClFN5O7S2. The van der Waals surface area contributed by atoms with Crippen LogP contribution in [0.3, 0.4) is 0 Å². The predicted octanol–water partition coefficient (Wildman–Crippen LogP) is 3.32. The van der Waals surface area contributed by atoms with Crippen LogP contribution in [-0.4, -0.2) is 80.5 Å². The Bertz CT molecular complexity index is 1620. The highest BCUT2D eigenvalue weighted by Crippen LogP contribution is 2.39. The molecular weight excluding hydrogens is 601 g/mol. The van der Waals surface area contributed by atoms with Gasteiger partial charge in [0, 0.05) is 36.0 Å². The number of aromatic carboxylic acids is 1. The Morgan fingerprint density at radius 1 is 1.10 bits per heavy atom. The lowest BCUT2D eigenvalue weighted by Crippen LogP contribution is -2.48. The summed E-state index contributed by atoms with van der Waals surface area (Å²) in [4.78, 5) is 38.1. The molecule has 0 spiro atoms. The lowest BCUT2D eigenvalue weighted by molar-refractivity contribution is -0.141. The molecule has 3 N–H and O–H groups in total. The van der Waals surface area contributed by atoms with Crippen LogP contribution < -0.4 is 5.32 Å². The number of carboxylic acid groups (broad SMARTS) is 2. The Morgan fingerprint density at radius 2 is 1.80 bits per heavy atom. The zero-order valence-electron chi connectivity index (χ0n) is 21.4. The average molecular weight is 626 g/mol. The maximum Gasteiger partial charge on any atom is 0.335 e. The highest BCUT2D eigenvalue weighted by molar-refractivity contribution is 7.86. The summed E-state index contributed by atoms with van der Waals surface area (Å²) in [5, 5.41) is 26.4. The Hall–Kier alpha value is -3.37. The van der Waals surface area contributed by atoms with Crippen molar-refractivity contribution in [1.82, 2.24) is 18.4 Å². The molecule has 0 aliphatic carbocycles. The molecule has 12 nitrogen and oxygen atoms in total. The van der Waals surface area contributed by atoms with Crippen LogP contribution in [0.5, 0.6) is 0 Å². The average Bonchev–Trinajstić information content (AvgIpc) is 3.74. The number of carbonyl (C=O) groups is 3. The first-order valence-corrected chi connectivity index (χ1v) is 15.2. The minimum Gasteiger partial charge on any atom is -0.480 e. The molecule has 2 aromatic heterocycles. The van der Waals surface area contributed by atoms with Crippen LogP contribution in [0.15, 0.2) is 36.4 Å². The fraction of sp³-hybridized carbons (Fsp3) is 0.360. The molecule has 218 valence electrons. The van der Waals surface area contributed by atoms with Gasteiger partial charge in [0.2, 0.25) is 0 Å². The molecule has 2 unspecified atom stereocenters. The van der Waals surface area contributed by atoms with E-state index in [1.165, 1.54) is 33.8 Å². The third-order valence-corrected chi connectivity index (χ3v) is 10.4. The summed E-state index contributed by atoms with van der Waals surface area (Å²) in [7, 11) is -4.13. The zero-order chi connectivity index (χ0) is 29.5. The van der Waals surface area contributed by atoms with Crippen molar-refractivity contribution in [3.05, 3.63) is 68.2 Å². The normalized spacial score (nSPS) is 20.0. The second-order valence-electron chi connectivity index (χ2n) is 9.61. The number of aliphatic carboxylic acids is 1. The molecule has 0 radical (unpaired) electrons. The lowest BCUT2D eigenvalue weighted by atomic mass is 9.96. The van der Waals surface area contributed by atoms with E-state index in [1.807, 2.05) is 0 Å². The molecule has 2 aliphatic heterocycles. The van der Waals surface area contributed by atoms with E-state index in [2.05, 4.69) is 10.4 Å². The summed E-state index contributed by atoms with van der Waals surface area (Å²) in [6.45, 7) is 0.412. The van der Waals surface area contributed by atoms with Gasteiger partial charge in [0.05, 0.1) is 16.4 Å². The van der Waals surface area contributed by atoms with Gasteiger partial charge < -0.3 is 15.5 Å². The molecule has 0 saturated carbocycles. The molecule has 4 heterocycles. The minimum atomic E-state index is -4.13. The highest BCUT2D eigenvalue weighted by Gasteiger charge is 2.50. The van der Waals surface area contributed by atoms with Gasteiger partial charge in [0.15, 0.2) is 11.6 Å². The second kappa shape index (κ2) is 11.5. The van der Waals surface area contributed by atoms with E-state index in [4.69, 9.17) is 11.6 Å². The van der Waals surface area contributed by atoms with Crippen molar-refractivity contribution in [1.29, 1.82) is 0 Å². The number of rotatable bonds is 9. The topological polar surface area (TPSA) is 162 Å². The van der Waals surface area contributed by atoms with Crippen molar-refractivity contribution in [2.24, 2.45) is 0 Å². The number of benzene rings is 1. The van der Waals surface area contributed by atoms with Crippen LogP contribution in [0.1, 0.15) is 56.5 Å². The SMILES string of the molecule is O=C(O)c1cccc(C(=O)n2nc(C3CCN(S(=O)(=O)N4CCCC4)C3C(=O)O)c(F)c2NCc2ccc(Cl)s2)c1. The number of nitrogens with one attached hydrogen (secondary N) is 1. The molecule has 0 amide bonds. The molecule has 41 heavy (non-hydrogen) atoms. The summed E-state index contributed by atoms with van der Waals surface area (Å²) >= 11 is 7.22. The zero-order valence-corrected chi connectivity index (χ0v) is 23.8. The fourth-order valence-corrected chi connectivity index (χ4v) is 8.05. The summed E-state index contributed by atoms with van der Waals surface area (Å²) in [5.41, 5.74) is -0.650. The quantitative estimate of drug-likeness (QED) is 0.324. The van der Waals surface area contributed by atoms with Gasteiger partial charge in [-0.25, -0.2) is 9.18 Å². The van der Waals surface area contributed by atoms with E-state index < -0.39 is 45.8 Å². The van der Waals surface area contributed by atoms with Crippen LogP contribution in [0.2, 0.25) is 4.34 Å². The third kappa shape index (κ3) is 5.59. The molecule has 2 aliphatic rings. The Kier molecular flexibility index (Phi) is 8.16. The number of nitrogens with zero attached hydrogens (tertiary/aromatic N) is 4. The van der Waals surface area contributed by atoms with E-state index in [1.54, 1.807) is 12.1 Å². The van der Waals surface area contributed by atoms with Crippen LogP contribution in [0, 0.1) is 5.82 Å². The van der Waals surface area contributed by atoms with Crippen LogP contribution in [0.4, 0.5) is 10.2 Å². The van der Waals surface area contributed by atoms with Crippen molar-refractivity contribution in [3.8, 4) is 0 Å². The summed E-state index contributed by atoms with van der Waals surface area (Å²) < 4.78 is 45.9. The maximum atomic E-state index is 16.1. The summed E-state index contributed by atoms with van der Waals surface area (Å²) in [5.74, 6) is -6.17. The largest absolute Gasteiger partial charge is 0.480 e. The first-order valence-electron chi connectivity index (χ1n) is 12.6. The Labute approximate surface area is 243 Å². The van der Waals surface area contributed by atoms with Gasteiger partial charge in [-0.05, 0) is 49.6 Å². The number of carboxylic acids is 2. The standard InChI is InChI=1S/C25H25ClFN5O7S2/c26-18-7-6-16(40-18)13-28-22-19(27)20(29-32(22)23(33)14-4-3-5-15(12-14)24(34)35)17-8-11-31(21(17)25(36)37)41(38,39)30-9-1-2-10-30/h3-7,12,17,21,28H,1-2,8-11,13H2,(H,34,35)(H,36,37). The number of anilines is 1. The number of aromatic nitrogens is 2. The van der Waals surface area contributed by atoms with Crippen molar-refractivity contribution < 1.29 is 37.4 Å². The van der Waals surface area contributed by atoms with Crippen molar-refractivity contribution in [2.75, 3.05) is 25.0 Å². The second-order valence-corrected chi connectivity index (χ2v) is 13.3. The number of hydrogen-bond donors (Lipinski definition) is 3. The smallest absolute Gasteiger partial charge is 0.335 e. The van der Waals surface area contributed by atoms with E-state index in [0.29, 0.717) is 22.1 Å². The molecule has 2 fully saturated rings. The summed E-state index contributed by atoms with van der Waals surface area (Å²) in [6, 6.07) is 6.82. The first kappa shape index (κ1) is 29.1. The van der Waals surface area contributed by atoms with Gasteiger partial charge in [-0.1, -0.05) is 17.7 Å². The third-order valence-electron chi connectivity index (χ3n) is 7.10. The van der Waals surface area contributed by atoms with Gasteiger partial charge in [0.1, 0.15) is 11.7 Å². The minimum absolute atomic E-state index is 0.0410. The maximum absolute atomic E-state index is 16.1. The highest BCUT2D eigenvalue weighted by atomic mass is 35.5. The molecule has 3 aromatic rings. The molecule has 5 rings (SSSR count).